The Kier molecular flexibility index (Phi) is 3.16. The lowest BCUT2D eigenvalue weighted by atomic mass is 9.87. The van der Waals surface area contributed by atoms with Gasteiger partial charge in [0.15, 0.2) is 0 Å². The lowest BCUT2D eigenvalue weighted by Gasteiger charge is -2.21. The van der Waals surface area contributed by atoms with Crippen molar-refractivity contribution in [2.24, 2.45) is 5.41 Å². The van der Waals surface area contributed by atoms with Gasteiger partial charge >= 0.3 is 0 Å². The van der Waals surface area contributed by atoms with Crippen LogP contribution in [0, 0.1) is 16.7 Å². The Balaban J connectivity index is 1.90. The molecule has 0 saturated heterocycles. The Bertz CT molecular complexity index is 324. The maximum atomic E-state index is 12.0. The summed E-state index contributed by atoms with van der Waals surface area (Å²) in [5.74, 6) is -0.0344. The van der Waals surface area contributed by atoms with Gasteiger partial charge in [-0.2, -0.15) is 17.0 Å². The molecule has 0 bridgehead atoms. The third-order valence-corrected chi connectivity index (χ3v) is 5.34. The predicted molar refractivity (Wildman–Crippen MR) is 65.0 cm³/mol. The minimum absolute atomic E-state index is 0.0344. The maximum absolute atomic E-state index is 12.0. The smallest absolute Gasteiger partial charge is 0.240 e. The number of nitrogens with one attached hydrogen (secondary N) is 1. The summed E-state index contributed by atoms with van der Waals surface area (Å²) in [4.78, 5) is 12.0. The highest BCUT2D eigenvalue weighted by Crippen LogP contribution is 2.46. The lowest BCUT2D eigenvalue weighted by molar-refractivity contribution is -0.127. The molecular formula is C12H18N2OS. The third kappa shape index (κ3) is 2.06. The van der Waals surface area contributed by atoms with Crippen LogP contribution < -0.4 is 5.32 Å². The molecule has 3 nitrogen and oxygen atoms in total. The molecule has 2 aliphatic carbocycles. The molecule has 0 aliphatic heterocycles. The quantitative estimate of drug-likeness (QED) is 0.816. The third-order valence-electron chi connectivity index (χ3n) is 3.92. The summed E-state index contributed by atoms with van der Waals surface area (Å²) in [6.45, 7) is 0.733. The van der Waals surface area contributed by atoms with Gasteiger partial charge in [-0.25, -0.2) is 0 Å². The Hall–Kier alpha value is -0.690. The van der Waals surface area contributed by atoms with Crippen LogP contribution >= 0.6 is 11.8 Å². The van der Waals surface area contributed by atoms with Crippen LogP contribution in [0.3, 0.4) is 0 Å². The number of nitrogens with zero attached hydrogens (tertiary/aromatic N) is 1. The molecule has 2 fully saturated rings. The molecule has 0 aromatic rings. The molecule has 1 amide bonds. The van der Waals surface area contributed by atoms with E-state index in [1.165, 1.54) is 12.8 Å². The van der Waals surface area contributed by atoms with E-state index in [0.29, 0.717) is 0 Å². The van der Waals surface area contributed by atoms with Crippen LogP contribution in [-0.4, -0.2) is 23.5 Å². The number of thioether (sulfide) groups is 1. The molecule has 4 heteroatoms. The molecule has 88 valence electrons. The highest BCUT2D eigenvalue weighted by atomic mass is 32.2. The van der Waals surface area contributed by atoms with E-state index in [2.05, 4.69) is 17.6 Å². The van der Waals surface area contributed by atoms with E-state index < -0.39 is 5.41 Å². The van der Waals surface area contributed by atoms with Gasteiger partial charge < -0.3 is 5.32 Å². The molecule has 0 spiro atoms. The molecule has 2 rings (SSSR count). The van der Waals surface area contributed by atoms with E-state index in [1.54, 1.807) is 0 Å². The van der Waals surface area contributed by atoms with Crippen molar-refractivity contribution < 1.29 is 4.79 Å². The second kappa shape index (κ2) is 4.29. The van der Waals surface area contributed by atoms with E-state index in [-0.39, 0.29) is 10.7 Å². The standard InChI is InChI=1S/C12H18N2OS/c1-16-12(6-7-12)9-14-10(15)11(8-13)4-2-3-5-11/h2-7,9H2,1H3,(H,14,15). The predicted octanol–water partition coefficient (Wildman–Crippen LogP) is 2.08. The Labute approximate surface area is 101 Å². The summed E-state index contributed by atoms with van der Waals surface area (Å²) >= 11 is 1.83. The van der Waals surface area contributed by atoms with Crippen molar-refractivity contribution in [2.75, 3.05) is 12.8 Å². The first-order valence-electron chi connectivity index (χ1n) is 5.91. The topological polar surface area (TPSA) is 52.9 Å². The lowest BCUT2D eigenvalue weighted by Crippen LogP contribution is -2.41. The van der Waals surface area contributed by atoms with Gasteiger partial charge in [0.2, 0.25) is 5.91 Å². The van der Waals surface area contributed by atoms with E-state index in [9.17, 15) is 10.1 Å². The molecule has 16 heavy (non-hydrogen) atoms. The van der Waals surface area contributed by atoms with Crippen LogP contribution in [0.5, 0.6) is 0 Å². The van der Waals surface area contributed by atoms with Crippen LogP contribution in [0.4, 0.5) is 0 Å². The summed E-state index contributed by atoms with van der Waals surface area (Å²) in [6.07, 6.45) is 7.96. The van der Waals surface area contributed by atoms with E-state index in [1.807, 2.05) is 11.8 Å². The highest BCUT2D eigenvalue weighted by Gasteiger charge is 2.45. The Morgan fingerprint density at radius 1 is 1.38 bits per heavy atom. The fourth-order valence-corrected chi connectivity index (χ4v) is 3.10. The van der Waals surface area contributed by atoms with Crippen molar-refractivity contribution >= 4 is 17.7 Å². The van der Waals surface area contributed by atoms with Crippen LogP contribution in [0.2, 0.25) is 0 Å². The van der Waals surface area contributed by atoms with Crippen molar-refractivity contribution in [3.63, 3.8) is 0 Å². The first-order chi connectivity index (χ1) is 7.66. The van der Waals surface area contributed by atoms with E-state index in [4.69, 9.17) is 0 Å². The number of carbonyl (C=O) groups excluding carboxylic acids is 1. The minimum atomic E-state index is -0.714. The minimum Gasteiger partial charge on any atom is -0.353 e. The largest absolute Gasteiger partial charge is 0.353 e. The van der Waals surface area contributed by atoms with Crippen LogP contribution in [0.15, 0.2) is 0 Å². The van der Waals surface area contributed by atoms with Gasteiger partial charge in [-0.15, -0.1) is 0 Å². The van der Waals surface area contributed by atoms with Crippen LogP contribution in [0.1, 0.15) is 38.5 Å². The average Bonchev–Trinajstić information content (AvgIpc) is 2.94. The van der Waals surface area contributed by atoms with E-state index in [0.717, 1.165) is 32.2 Å². The molecule has 1 N–H and O–H groups in total. The first-order valence-corrected chi connectivity index (χ1v) is 7.14. The summed E-state index contributed by atoms with van der Waals surface area (Å²) < 4.78 is 0.283. The summed E-state index contributed by atoms with van der Waals surface area (Å²) in [5.41, 5.74) is -0.714. The number of nitriles is 1. The van der Waals surface area contributed by atoms with Gasteiger partial charge in [0.1, 0.15) is 5.41 Å². The number of rotatable bonds is 4. The molecule has 0 aromatic carbocycles. The fourth-order valence-electron chi connectivity index (χ4n) is 2.37. The van der Waals surface area contributed by atoms with E-state index >= 15 is 0 Å². The fraction of sp³-hybridized carbons (Fsp3) is 0.833. The number of carbonyl (C=O) groups is 1. The second-order valence-electron chi connectivity index (χ2n) is 4.97. The SMILES string of the molecule is CSC1(CNC(=O)C2(C#N)CCCC2)CC1. The zero-order chi connectivity index (χ0) is 11.6. The zero-order valence-electron chi connectivity index (χ0n) is 9.71. The first kappa shape index (κ1) is 11.8. The molecule has 0 aromatic heterocycles. The monoisotopic (exact) mass is 238 g/mol. The summed E-state index contributed by atoms with van der Waals surface area (Å²) in [6, 6.07) is 2.23. The number of hydrogen-bond acceptors (Lipinski definition) is 3. The normalized spacial score (nSPS) is 24.8. The van der Waals surface area contributed by atoms with Gasteiger partial charge in [0.05, 0.1) is 6.07 Å². The molecule has 2 saturated carbocycles. The van der Waals surface area contributed by atoms with Gasteiger partial charge in [-0.1, -0.05) is 12.8 Å². The van der Waals surface area contributed by atoms with Crippen molar-refractivity contribution in [3.05, 3.63) is 0 Å². The molecule has 0 radical (unpaired) electrons. The molecule has 0 heterocycles. The van der Waals surface area contributed by atoms with Crippen LogP contribution in [-0.2, 0) is 4.79 Å². The van der Waals surface area contributed by atoms with Crippen molar-refractivity contribution in [1.82, 2.24) is 5.32 Å². The summed E-state index contributed by atoms with van der Waals surface area (Å²) in [7, 11) is 0. The van der Waals surface area contributed by atoms with Gasteiger partial charge in [-0.05, 0) is 31.9 Å². The van der Waals surface area contributed by atoms with Crippen molar-refractivity contribution in [1.29, 1.82) is 5.26 Å². The average molecular weight is 238 g/mol. The van der Waals surface area contributed by atoms with Crippen molar-refractivity contribution in [3.8, 4) is 6.07 Å². The number of hydrogen-bond donors (Lipinski definition) is 1. The maximum Gasteiger partial charge on any atom is 0.240 e. The van der Waals surface area contributed by atoms with Gasteiger partial charge in [0, 0.05) is 11.3 Å². The van der Waals surface area contributed by atoms with Crippen molar-refractivity contribution in [2.45, 2.75) is 43.3 Å². The van der Waals surface area contributed by atoms with Gasteiger partial charge in [-0.3, -0.25) is 4.79 Å². The number of amides is 1. The Morgan fingerprint density at radius 3 is 2.44 bits per heavy atom. The molecule has 2 aliphatic rings. The Morgan fingerprint density at radius 2 is 2.00 bits per heavy atom. The van der Waals surface area contributed by atoms with Gasteiger partial charge in [0.25, 0.3) is 0 Å². The highest BCUT2D eigenvalue weighted by molar-refractivity contribution is 8.00. The molecule has 0 unspecified atom stereocenters. The summed E-state index contributed by atoms with van der Waals surface area (Å²) in [5, 5.41) is 12.2. The van der Waals surface area contributed by atoms with Crippen LogP contribution in [0.25, 0.3) is 0 Å². The zero-order valence-corrected chi connectivity index (χ0v) is 10.5. The second-order valence-corrected chi connectivity index (χ2v) is 6.25. The molecule has 0 atom stereocenters. The molecular weight excluding hydrogens is 220 g/mol.